The number of fused-ring (bicyclic) bond motifs is 1. The molecule has 2 amide bonds. The zero-order valence-corrected chi connectivity index (χ0v) is 12.1. The van der Waals surface area contributed by atoms with Crippen molar-refractivity contribution in [3.8, 4) is 5.75 Å². The summed E-state index contributed by atoms with van der Waals surface area (Å²) in [6.45, 7) is 7.40. The van der Waals surface area contributed by atoms with Gasteiger partial charge in [0, 0.05) is 18.6 Å². The molecule has 0 atom stereocenters. The van der Waals surface area contributed by atoms with Crippen molar-refractivity contribution in [2.24, 2.45) is 0 Å². The van der Waals surface area contributed by atoms with Gasteiger partial charge in [0.1, 0.15) is 5.75 Å². The van der Waals surface area contributed by atoms with Crippen LogP contribution >= 0.6 is 0 Å². The molecule has 19 heavy (non-hydrogen) atoms. The van der Waals surface area contributed by atoms with Crippen molar-refractivity contribution in [1.29, 1.82) is 0 Å². The minimum absolute atomic E-state index is 0.00830. The Bertz CT molecular complexity index is 478. The molecule has 4 heteroatoms. The molecular weight excluding hydrogens is 240 g/mol. The average molecular weight is 262 g/mol. The van der Waals surface area contributed by atoms with Crippen LogP contribution in [0.1, 0.15) is 31.9 Å². The number of hydrogen-bond acceptors (Lipinski definition) is 2. The molecule has 2 rings (SSSR count). The fourth-order valence-electron chi connectivity index (χ4n) is 2.23. The quantitative estimate of drug-likeness (QED) is 0.845. The van der Waals surface area contributed by atoms with Gasteiger partial charge in [0.2, 0.25) is 0 Å². The normalized spacial score (nSPS) is 14.8. The number of rotatable bonds is 1. The van der Waals surface area contributed by atoms with Crippen LogP contribution in [0.5, 0.6) is 5.75 Å². The van der Waals surface area contributed by atoms with Gasteiger partial charge < -0.3 is 15.0 Å². The van der Waals surface area contributed by atoms with Gasteiger partial charge in [-0.05, 0) is 50.5 Å². The number of nitrogens with one attached hydrogen (secondary N) is 1. The number of hydrogen-bond donors (Lipinski definition) is 1. The largest absolute Gasteiger partial charge is 0.497 e. The average Bonchev–Trinajstić information content (AvgIpc) is 2.35. The van der Waals surface area contributed by atoms with E-state index >= 15 is 0 Å². The van der Waals surface area contributed by atoms with Crippen LogP contribution in [-0.2, 0) is 13.0 Å². The molecule has 1 aromatic carbocycles. The van der Waals surface area contributed by atoms with Crippen molar-refractivity contribution in [3.63, 3.8) is 0 Å². The van der Waals surface area contributed by atoms with E-state index < -0.39 is 0 Å². The number of nitrogens with zero attached hydrogens (tertiary/aromatic N) is 1. The van der Waals surface area contributed by atoms with Gasteiger partial charge in [0.25, 0.3) is 0 Å². The standard InChI is InChI=1S/C15H22N2O2/c1-15(2,3)16-14(18)17-8-7-11-9-13(19-4)6-5-12(11)10-17/h5-6,9H,7-8,10H2,1-4H3,(H,16,18). The lowest BCUT2D eigenvalue weighted by molar-refractivity contribution is 0.183. The van der Waals surface area contributed by atoms with E-state index in [0.29, 0.717) is 6.54 Å². The van der Waals surface area contributed by atoms with E-state index in [-0.39, 0.29) is 11.6 Å². The van der Waals surface area contributed by atoms with Gasteiger partial charge in [0.15, 0.2) is 0 Å². The highest BCUT2D eigenvalue weighted by molar-refractivity contribution is 5.75. The van der Waals surface area contributed by atoms with Crippen molar-refractivity contribution >= 4 is 6.03 Å². The van der Waals surface area contributed by atoms with Gasteiger partial charge in [0.05, 0.1) is 7.11 Å². The molecule has 0 aromatic heterocycles. The lowest BCUT2D eigenvalue weighted by Crippen LogP contribution is -2.49. The van der Waals surface area contributed by atoms with Crippen LogP contribution in [0, 0.1) is 0 Å². The predicted molar refractivity (Wildman–Crippen MR) is 75.4 cm³/mol. The van der Waals surface area contributed by atoms with Crippen LogP contribution in [0.25, 0.3) is 0 Å². The second-order valence-corrected chi connectivity index (χ2v) is 5.99. The van der Waals surface area contributed by atoms with Gasteiger partial charge in [-0.15, -0.1) is 0 Å². The molecular formula is C15H22N2O2. The summed E-state index contributed by atoms with van der Waals surface area (Å²) in [5.74, 6) is 0.881. The van der Waals surface area contributed by atoms with Crippen LogP contribution in [-0.4, -0.2) is 30.1 Å². The summed E-state index contributed by atoms with van der Waals surface area (Å²) in [6.07, 6.45) is 0.879. The number of carbonyl (C=O) groups excluding carboxylic acids is 1. The number of ether oxygens (including phenoxy) is 1. The Kier molecular flexibility index (Phi) is 3.69. The van der Waals surface area contributed by atoms with E-state index in [1.807, 2.05) is 37.8 Å². The Morgan fingerprint density at radius 2 is 2.05 bits per heavy atom. The molecule has 1 aromatic rings. The maximum atomic E-state index is 12.1. The van der Waals surface area contributed by atoms with Gasteiger partial charge in [-0.2, -0.15) is 0 Å². The van der Waals surface area contributed by atoms with E-state index in [9.17, 15) is 4.79 Å². The number of methoxy groups -OCH3 is 1. The van der Waals surface area contributed by atoms with Crippen molar-refractivity contribution in [1.82, 2.24) is 10.2 Å². The van der Waals surface area contributed by atoms with Crippen LogP contribution in [0.3, 0.4) is 0 Å². The predicted octanol–water partition coefficient (Wildman–Crippen LogP) is 2.56. The Morgan fingerprint density at radius 1 is 1.32 bits per heavy atom. The van der Waals surface area contributed by atoms with Crippen LogP contribution in [0.4, 0.5) is 4.79 Å². The minimum atomic E-state index is -0.197. The minimum Gasteiger partial charge on any atom is -0.497 e. The fourth-order valence-corrected chi connectivity index (χ4v) is 2.23. The van der Waals surface area contributed by atoms with E-state index in [1.165, 1.54) is 11.1 Å². The second kappa shape index (κ2) is 5.11. The summed E-state index contributed by atoms with van der Waals surface area (Å²) in [4.78, 5) is 14.0. The van der Waals surface area contributed by atoms with Crippen LogP contribution < -0.4 is 10.1 Å². The maximum absolute atomic E-state index is 12.1. The van der Waals surface area contributed by atoms with E-state index in [2.05, 4.69) is 11.4 Å². The van der Waals surface area contributed by atoms with E-state index in [4.69, 9.17) is 4.74 Å². The molecule has 0 saturated carbocycles. The maximum Gasteiger partial charge on any atom is 0.318 e. The third-order valence-electron chi connectivity index (χ3n) is 3.19. The summed E-state index contributed by atoms with van der Waals surface area (Å²) in [5.41, 5.74) is 2.28. The van der Waals surface area contributed by atoms with Crippen molar-refractivity contribution in [3.05, 3.63) is 29.3 Å². The fraction of sp³-hybridized carbons (Fsp3) is 0.533. The summed E-state index contributed by atoms with van der Waals surface area (Å²) in [6, 6.07) is 6.07. The highest BCUT2D eigenvalue weighted by Crippen LogP contribution is 2.23. The van der Waals surface area contributed by atoms with Crippen LogP contribution in [0.15, 0.2) is 18.2 Å². The smallest absolute Gasteiger partial charge is 0.318 e. The molecule has 0 aliphatic carbocycles. The van der Waals surface area contributed by atoms with Gasteiger partial charge in [-0.3, -0.25) is 0 Å². The molecule has 1 aliphatic heterocycles. The molecule has 0 bridgehead atoms. The van der Waals surface area contributed by atoms with Crippen molar-refractivity contribution in [2.45, 2.75) is 39.3 Å². The third kappa shape index (κ3) is 3.40. The highest BCUT2D eigenvalue weighted by atomic mass is 16.5. The molecule has 0 spiro atoms. The highest BCUT2D eigenvalue weighted by Gasteiger charge is 2.23. The second-order valence-electron chi connectivity index (χ2n) is 5.99. The molecule has 0 radical (unpaired) electrons. The number of benzene rings is 1. The monoisotopic (exact) mass is 262 g/mol. The molecule has 1 aliphatic rings. The first kappa shape index (κ1) is 13.7. The first-order chi connectivity index (χ1) is 8.89. The first-order valence-corrected chi connectivity index (χ1v) is 6.62. The van der Waals surface area contributed by atoms with E-state index in [1.54, 1.807) is 7.11 Å². The summed E-state index contributed by atoms with van der Waals surface area (Å²) < 4.78 is 5.23. The van der Waals surface area contributed by atoms with Gasteiger partial charge in [-0.1, -0.05) is 6.07 Å². The Balaban J connectivity index is 2.08. The summed E-state index contributed by atoms with van der Waals surface area (Å²) in [7, 11) is 1.67. The molecule has 0 saturated heterocycles. The third-order valence-corrected chi connectivity index (χ3v) is 3.19. The lowest BCUT2D eigenvalue weighted by atomic mass is 9.99. The number of amides is 2. The SMILES string of the molecule is COc1ccc2c(c1)CCN(C(=O)NC(C)(C)C)C2. The number of carbonyl (C=O) groups is 1. The molecule has 1 heterocycles. The van der Waals surface area contributed by atoms with Gasteiger partial charge in [-0.25, -0.2) is 4.79 Å². The summed E-state index contributed by atoms with van der Waals surface area (Å²) in [5, 5.41) is 3.00. The van der Waals surface area contributed by atoms with Crippen LogP contribution in [0.2, 0.25) is 0 Å². The lowest BCUT2D eigenvalue weighted by Gasteiger charge is -2.32. The molecule has 0 unspecified atom stereocenters. The summed E-state index contributed by atoms with van der Waals surface area (Å²) >= 11 is 0. The zero-order valence-electron chi connectivity index (χ0n) is 12.1. The Morgan fingerprint density at radius 3 is 2.68 bits per heavy atom. The molecule has 104 valence electrons. The number of urea groups is 1. The molecule has 0 fully saturated rings. The zero-order chi connectivity index (χ0) is 14.0. The van der Waals surface area contributed by atoms with Crippen molar-refractivity contribution < 1.29 is 9.53 Å². The molecule has 1 N–H and O–H groups in total. The topological polar surface area (TPSA) is 41.6 Å². The molecule has 4 nitrogen and oxygen atoms in total. The first-order valence-electron chi connectivity index (χ1n) is 6.62. The van der Waals surface area contributed by atoms with E-state index in [0.717, 1.165) is 18.7 Å². The Hall–Kier alpha value is -1.71. The van der Waals surface area contributed by atoms with Crippen molar-refractivity contribution in [2.75, 3.05) is 13.7 Å². The van der Waals surface area contributed by atoms with Gasteiger partial charge >= 0.3 is 6.03 Å². The Labute approximate surface area is 114 Å².